The Kier molecular flexibility index (Phi) is 4.44. The van der Waals surface area contributed by atoms with Gasteiger partial charge in [-0.25, -0.2) is 9.97 Å². The Morgan fingerprint density at radius 1 is 0.783 bits per heavy atom. The van der Waals surface area contributed by atoms with Crippen LogP contribution in [0, 0.1) is 13.8 Å². The Morgan fingerprint density at radius 3 is 2.09 bits per heavy atom. The lowest BCUT2D eigenvalue weighted by atomic mass is 10.2. The first kappa shape index (κ1) is 15.3. The second kappa shape index (κ2) is 6.67. The lowest BCUT2D eigenvalue weighted by Crippen LogP contribution is -2.01. The van der Waals surface area contributed by atoms with Gasteiger partial charge in [-0.1, -0.05) is 35.4 Å². The molecule has 23 heavy (non-hydrogen) atoms. The largest absolute Gasteiger partial charge is 0.340 e. The third kappa shape index (κ3) is 4.20. The molecular weight excluding hydrogens is 308 g/mol. The summed E-state index contributed by atoms with van der Waals surface area (Å²) < 4.78 is 0. The summed E-state index contributed by atoms with van der Waals surface area (Å²) in [5.74, 6) is 2.15. The molecular formula is C18H17ClN4. The molecule has 0 bridgehead atoms. The smallest absolute Gasteiger partial charge is 0.136 e. The van der Waals surface area contributed by atoms with Crippen molar-refractivity contribution in [2.75, 3.05) is 10.6 Å². The van der Waals surface area contributed by atoms with Gasteiger partial charge in [0.1, 0.15) is 17.5 Å². The molecule has 0 amide bonds. The number of nitrogens with zero attached hydrogens (tertiary/aromatic N) is 2. The molecule has 0 spiro atoms. The zero-order valence-electron chi connectivity index (χ0n) is 13.0. The topological polar surface area (TPSA) is 49.8 Å². The average molecular weight is 325 g/mol. The van der Waals surface area contributed by atoms with Crippen molar-refractivity contribution in [1.82, 2.24) is 9.97 Å². The van der Waals surface area contributed by atoms with Gasteiger partial charge in [0.2, 0.25) is 0 Å². The SMILES string of the molecule is Cc1ccc(Nc2cc(Nc3cccc(Cl)c3)nc(C)n2)cc1. The predicted octanol–water partition coefficient (Wildman–Crippen LogP) is 5.23. The van der Waals surface area contributed by atoms with Crippen molar-refractivity contribution in [2.24, 2.45) is 0 Å². The van der Waals surface area contributed by atoms with E-state index in [4.69, 9.17) is 11.6 Å². The number of nitrogens with one attached hydrogen (secondary N) is 2. The number of aromatic nitrogens is 2. The minimum Gasteiger partial charge on any atom is -0.340 e. The Hall–Kier alpha value is -2.59. The van der Waals surface area contributed by atoms with Crippen molar-refractivity contribution in [2.45, 2.75) is 13.8 Å². The number of halogens is 1. The first-order valence-corrected chi connectivity index (χ1v) is 7.68. The van der Waals surface area contributed by atoms with Gasteiger partial charge in [-0.2, -0.15) is 0 Å². The van der Waals surface area contributed by atoms with Crippen LogP contribution in [0.5, 0.6) is 0 Å². The summed E-state index contributed by atoms with van der Waals surface area (Å²) in [5.41, 5.74) is 3.09. The fourth-order valence-electron chi connectivity index (χ4n) is 2.19. The quantitative estimate of drug-likeness (QED) is 0.689. The maximum atomic E-state index is 6.01. The number of anilines is 4. The van der Waals surface area contributed by atoms with Crippen molar-refractivity contribution in [3.63, 3.8) is 0 Å². The zero-order valence-corrected chi connectivity index (χ0v) is 13.7. The highest BCUT2D eigenvalue weighted by molar-refractivity contribution is 6.30. The van der Waals surface area contributed by atoms with E-state index in [9.17, 15) is 0 Å². The molecule has 0 aliphatic rings. The fraction of sp³-hybridized carbons (Fsp3) is 0.111. The molecule has 1 aromatic heterocycles. The second-order valence-corrected chi connectivity index (χ2v) is 5.75. The van der Waals surface area contributed by atoms with Crippen molar-refractivity contribution >= 4 is 34.6 Å². The monoisotopic (exact) mass is 324 g/mol. The van der Waals surface area contributed by atoms with E-state index < -0.39 is 0 Å². The van der Waals surface area contributed by atoms with E-state index in [1.54, 1.807) is 0 Å². The zero-order chi connectivity index (χ0) is 16.2. The summed E-state index contributed by atoms with van der Waals surface area (Å²) in [6, 6.07) is 17.6. The van der Waals surface area contributed by atoms with Crippen molar-refractivity contribution in [3.8, 4) is 0 Å². The molecule has 1 heterocycles. The third-order valence-corrected chi connectivity index (χ3v) is 3.49. The fourth-order valence-corrected chi connectivity index (χ4v) is 2.38. The van der Waals surface area contributed by atoms with Crippen molar-refractivity contribution in [3.05, 3.63) is 71.0 Å². The van der Waals surface area contributed by atoms with E-state index in [1.165, 1.54) is 5.56 Å². The van der Waals surface area contributed by atoms with E-state index in [1.807, 2.05) is 49.4 Å². The number of aryl methyl sites for hydroxylation is 2. The Bertz CT molecular complexity index is 816. The van der Waals surface area contributed by atoms with Crippen LogP contribution >= 0.6 is 11.6 Å². The van der Waals surface area contributed by atoms with E-state index in [0.717, 1.165) is 23.0 Å². The lowest BCUT2D eigenvalue weighted by molar-refractivity contribution is 1.06. The number of rotatable bonds is 4. The molecule has 0 fully saturated rings. The van der Waals surface area contributed by atoms with Crippen LogP contribution in [0.25, 0.3) is 0 Å². The van der Waals surface area contributed by atoms with Crippen LogP contribution in [0.4, 0.5) is 23.0 Å². The Balaban J connectivity index is 1.82. The summed E-state index contributed by atoms with van der Waals surface area (Å²) in [6.45, 7) is 3.93. The maximum Gasteiger partial charge on any atom is 0.136 e. The van der Waals surface area contributed by atoms with Gasteiger partial charge >= 0.3 is 0 Å². The molecule has 2 N–H and O–H groups in total. The Labute approximate surface area is 140 Å². The molecule has 116 valence electrons. The van der Waals surface area contributed by atoms with E-state index in [-0.39, 0.29) is 0 Å². The highest BCUT2D eigenvalue weighted by atomic mass is 35.5. The van der Waals surface area contributed by atoms with Crippen LogP contribution in [-0.2, 0) is 0 Å². The molecule has 0 aliphatic heterocycles. The number of hydrogen-bond acceptors (Lipinski definition) is 4. The molecule has 3 aromatic rings. The minimum atomic E-state index is 0.679. The predicted molar refractivity (Wildman–Crippen MR) is 96.0 cm³/mol. The molecule has 5 heteroatoms. The van der Waals surface area contributed by atoms with E-state index in [0.29, 0.717) is 10.8 Å². The van der Waals surface area contributed by atoms with Crippen LogP contribution in [0.1, 0.15) is 11.4 Å². The molecule has 0 aliphatic carbocycles. The van der Waals surface area contributed by atoms with Crippen molar-refractivity contribution in [1.29, 1.82) is 0 Å². The van der Waals surface area contributed by atoms with Crippen LogP contribution in [-0.4, -0.2) is 9.97 Å². The molecule has 0 saturated heterocycles. The van der Waals surface area contributed by atoms with Gasteiger partial charge in [0.25, 0.3) is 0 Å². The van der Waals surface area contributed by atoms with E-state index in [2.05, 4.69) is 39.7 Å². The minimum absolute atomic E-state index is 0.679. The van der Waals surface area contributed by atoms with Gasteiger partial charge in [0.05, 0.1) is 0 Å². The standard InChI is InChI=1S/C18H17ClN4/c1-12-6-8-15(9-7-12)22-17-11-18(21-13(2)20-17)23-16-5-3-4-14(19)10-16/h3-11H,1-2H3,(H2,20,21,22,23). The molecule has 0 radical (unpaired) electrons. The van der Waals surface area contributed by atoms with Gasteiger partial charge in [0, 0.05) is 22.5 Å². The van der Waals surface area contributed by atoms with E-state index >= 15 is 0 Å². The first-order chi connectivity index (χ1) is 11.1. The second-order valence-electron chi connectivity index (χ2n) is 5.31. The van der Waals surface area contributed by atoms with Gasteiger partial charge in [-0.15, -0.1) is 0 Å². The molecule has 3 rings (SSSR count). The van der Waals surface area contributed by atoms with Crippen LogP contribution in [0.15, 0.2) is 54.6 Å². The van der Waals surface area contributed by atoms with Crippen LogP contribution in [0.2, 0.25) is 5.02 Å². The molecule has 0 saturated carbocycles. The molecule has 4 nitrogen and oxygen atoms in total. The van der Waals surface area contributed by atoms with Gasteiger partial charge < -0.3 is 10.6 Å². The number of benzene rings is 2. The summed E-state index contributed by atoms with van der Waals surface area (Å²) in [6.07, 6.45) is 0. The molecule has 0 unspecified atom stereocenters. The first-order valence-electron chi connectivity index (χ1n) is 7.30. The average Bonchev–Trinajstić information content (AvgIpc) is 2.49. The molecule has 2 aromatic carbocycles. The van der Waals surface area contributed by atoms with Gasteiger partial charge in [0.15, 0.2) is 0 Å². The highest BCUT2D eigenvalue weighted by Crippen LogP contribution is 2.22. The number of hydrogen-bond donors (Lipinski definition) is 2. The lowest BCUT2D eigenvalue weighted by Gasteiger charge is -2.10. The summed E-state index contributed by atoms with van der Waals surface area (Å²) in [4.78, 5) is 8.83. The Morgan fingerprint density at radius 2 is 1.43 bits per heavy atom. The summed E-state index contributed by atoms with van der Waals surface area (Å²) in [5, 5.41) is 7.22. The van der Waals surface area contributed by atoms with Crippen LogP contribution in [0.3, 0.4) is 0 Å². The summed E-state index contributed by atoms with van der Waals surface area (Å²) in [7, 11) is 0. The highest BCUT2D eigenvalue weighted by Gasteiger charge is 2.04. The maximum absolute atomic E-state index is 6.01. The normalized spacial score (nSPS) is 10.4. The summed E-state index contributed by atoms with van der Waals surface area (Å²) >= 11 is 6.01. The van der Waals surface area contributed by atoms with Crippen LogP contribution < -0.4 is 10.6 Å². The molecule has 0 atom stereocenters. The third-order valence-electron chi connectivity index (χ3n) is 3.26. The van der Waals surface area contributed by atoms with Gasteiger partial charge in [-0.3, -0.25) is 0 Å². The van der Waals surface area contributed by atoms with Crippen molar-refractivity contribution < 1.29 is 0 Å². The van der Waals surface area contributed by atoms with Gasteiger partial charge in [-0.05, 0) is 44.2 Å².